The Labute approximate surface area is 95.9 Å². The summed E-state index contributed by atoms with van der Waals surface area (Å²) in [4.78, 5) is 13.5. The van der Waals surface area contributed by atoms with Crippen LogP contribution < -0.4 is 0 Å². The highest BCUT2D eigenvalue weighted by Crippen LogP contribution is 2.23. The van der Waals surface area contributed by atoms with Crippen molar-refractivity contribution in [3.8, 4) is 5.75 Å². The van der Waals surface area contributed by atoms with Gasteiger partial charge in [-0.05, 0) is 47.2 Å². The maximum absolute atomic E-state index is 11.8. The summed E-state index contributed by atoms with van der Waals surface area (Å²) in [7, 11) is 0. The minimum absolute atomic E-state index is 0.0627. The fraction of sp³-hybridized carbons (Fsp3) is 0.300. The molecule has 1 aliphatic rings. The van der Waals surface area contributed by atoms with E-state index in [1.54, 1.807) is 23.1 Å². The van der Waals surface area contributed by atoms with Crippen LogP contribution in [0, 0.1) is 3.57 Å². The number of carbonyl (C=O) groups is 1. The molecule has 0 saturated carbocycles. The Kier molecular flexibility index (Phi) is 2.62. The summed E-state index contributed by atoms with van der Waals surface area (Å²) < 4.78 is 0.962. The normalized spacial score (nSPS) is 15.1. The number of carbonyl (C=O) groups excluding carboxylic acids is 1. The second-order valence-corrected chi connectivity index (χ2v) is 4.55. The Hall–Kier alpha value is -0.780. The number of rotatable bonds is 1. The third kappa shape index (κ3) is 1.70. The summed E-state index contributed by atoms with van der Waals surface area (Å²) in [6.07, 6.45) is 1.07. The zero-order valence-electron chi connectivity index (χ0n) is 7.53. The summed E-state index contributed by atoms with van der Waals surface area (Å²) in [5.41, 5.74) is 0.414. The summed E-state index contributed by atoms with van der Waals surface area (Å²) in [6.45, 7) is 1.62. The van der Waals surface area contributed by atoms with Gasteiger partial charge in [0.15, 0.2) is 0 Å². The molecule has 0 spiro atoms. The molecule has 1 aromatic carbocycles. The first-order valence-electron chi connectivity index (χ1n) is 4.46. The van der Waals surface area contributed by atoms with E-state index in [0.29, 0.717) is 5.56 Å². The van der Waals surface area contributed by atoms with Crippen molar-refractivity contribution in [1.29, 1.82) is 0 Å². The van der Waals surface area contributed by atoms with E-state index >= 15 is 0 Å². The van der Waals surface area contributed by atoms with Gasteiger partial charge in [0.25, 0.3) is 5.91 Å². The van der Waals surface area contributed by atoms with Gasteiger partial charge >= 0.3 is 0 Å². The highest BCUT2D eigenvalue weighted by molar-refractivity contribution is 14.1. The summed E-state index contributed by atoms with van der Waals surface area (Å²) in [5, 5.41) is 9.52. The molecule has 4 heteroatoms. The molecule has 3 nitrogen and oxygen atoms in total. The van der Waals surface area contributed by atoms with Crippen LogP contribution in [0.15, 0.2) is 18.2 Å². The van der Waals surface area contributed by atoms with Crippen LogP contribution in [0.3, 0.4) is 0 Å². The Morgan fingerprint density at radius 3 is 2.71 bits per heavy atom. The molecule has 1 aromatic rings. The van der Waals surface area contributed by atoms with Gasteiger partial charge < -0.3 is 10.0 Å². The Morgan fingerprint density at radius 2 is 2.14 bits per heavy atom. The summed E-state index contributed by atoms with van der Waals surface area (Å²) >= 11 is 2.13. The lowest BCUT2D eigenvalue weighted by Crippen LogP contribution is -2.42. The molecule has 2 rings (SSSR count). The fourth-order valence-electron chi connectivity index (χ4n) is 1.37. The third-order valence-electron chi connectivity index (χ3n) is 2.33. The van der Waals surface area contributed by atoms with Crippen molar-refractivity contribution in [2.75, 3.05) is 13.1 Å². The van der Waals surface area contributed by atoms with Gasteiger partial charge in [-0.3, -0.25) is 4.79 Å². The maximum atomic E-state index is 11.8. The molecule has 1 saturated heterocycles. The van der Waals surface area contributed by atoms with E-state index < -0.39 is 0 Å². The fourth-order valence-corrected chi connectivity index (χ4v) is 1.86. The van der Waals surface area contributed by atoms with Crippen LogP contribution >= 0.6 is 22.6 Å². The molecule has 1 aliphatic heterocycles. The van der Waals surface area contributed by atoms with Crippen molar-refractivity contribution in [3.05, 3.63) is 27.3 Å². The number of halogens is 1. The number of likely N-dealkylation sites (tertiary alicyclic amines) is 1. The van der Waals surface area contributed by atoms with Crippen LogP contribution in [0.2, 0.25) is 0 Å². The second kappa shape index (κ2) is 3.76. The number of hydrogen-bond acceptors (Lipinski definition) is 2. The molecule has 0 radical (unpaired) electrons. The molecule has 1 amide bonds. The molecule has 0 aliphatic carbocycles. The molecule has 1 fully saturated rings. The van der Waals surface area contributed by atoms with Crippen molar-refractivity contribution < 1.29 is 9.90 Å². The molecule has 1 N–H and O–H groups in total. The largest absolute Gasteiger partial charge is 0.507 e. The van der Waals surface area contributed by atoms with Gasteiger partial charge in [0, 0.05) is 16.7 Å². The lowest BCUT2D eigenvalue weighted by molar-refractivity contribution is 0.0648. The predicted molar refractivity (Wildman–Crippen MR) is 61.3 cm³/mol. The van der Waals surface area contributed by atoms with Crippen LogP contribution in [0.25, 0.3) is 0 Å². The zero-order valence-corrected chi connectivity index (χ0v) is 9.69. The molecule has 0 bridgehead atoms. The zero-order chi connectivity index (χ0) is 10.1. The SMILES string of the molecule is O=C(c1cc(I)ccc1O)N1CCC1. The first-order valence-corrected chi connectivity index (χ1v) is 5.54. The van der Waals surface area contributed by atoms with Crippen LogP contribution in [0.5, 0.6) is 5.75 Å². The topological polar surface area (TPSA) is 40.5 Å². The standard InChI is InChI=1S/C10H10INO2/c11-7-2-3-9(13)8(6-7)10(14)12-4-1-5-12/h2-3,6,13H,1,4-5H2. The molecule has 0 atom stereocenters. The quantitative estimate of drug-likeness (QED) is 0.804. The van der Waals surface area contributed by atoms with E-state index in [4.69, 9.17) is 0 Å². The first kappa shape index (κ1) is 9.76. The van der Waals surface area contributed by atoms with Crippen molar-refractivity contribution in [2.45, 2.75) is 6.42 Å². The van der Waals surface area contributed by atoms with E-state index in [-0.39, 0.29) is 11.7 Å². The van der Waals surface area contributed by atoms with Crippen LogP contribution in [-0.4, -0.2) is 29.0 Å². The van der Waals surface area contributed by atoms with Gasteiger partial charge in [-0.25, -0.2) is 0 Å². The smallest absolute Gasteiger partial charge is 0.257 e. The minimum Gasteiger partial charge on any atom is -0.507 e. The van der Waals surface area contributed by atoms with Crippen molar-refractivity contribution >= 4 is 28.5 Å². The van der Waals surface area contributed by atoms with Crippen molar-refractivity contribution in [3.63, 3.8) is 0 Å². The van der Waals surface area contributed by atoms with Crippen LogP contribution in [-0.2, 0) is 0 Å². The van der Waals surface area contributed by atoms with E-state index in [0.717, 1.165) is 23.1 Å². The van der Waals surface area contributed by atoms with Crippen LogP contribution in [0.4, 0.5) is 0 Å². The first-order chi connectivity index (χ1) is 6.68. The predicted octanol–water partition coefficient (Wildman–Crippen LogP) is 1.84. The third-order valence-corrected chi connectivity index (χ3v) is 3.00. The lowest BCUT2D eigenvalue weighted by Gasteiger charge is -2.31. The number of hydrogen-bond donors (Lipinski definition) is 1. The molecule has 0 unspecified atom stereocenters. The average molecular weight is 303 g/mol. The number of amides is 1. The summed E-state index contributed by atoms with van der Waals surface area (Å²) in [5.74, 6) is 0.00887. The van der Waals surface area contributed by atoms with E-state index in [9.17, 15) is 9.90 Å². The van der Waals surface area contributed by atoms with Gasteiger partial charge in [0.05, 0.1) is 5.56 Å². The van der Waals surface area contributed by atoms with Crippen molar-refractivity contribution in [1.82, 2.24) is 4.90 Å². The maximum Gasteiger partial charge on any atom is 0.257 e. The monoisotopic (exact) mass is 303 g/mol. The molecule has 74 valence electrons. The Bertz CT molecular complexity index is 374. The Balaban J connectivity index is 2.29. The van der Waals surface area contributed by atoms with Gasteiger partial charge in [0.2, 0.25) is 0 Å². The Morgan fingerprint density at radius 1 is 1.43 bits per heavy atom. The van der Waals surface area contributed by atoms with Gasteiger partial charge in [-0.1, -0.05) is 0 Å². The van der Waals surface area contributed by atoms with E-state index in [2.05, 4.69) is 22.6 Å². The minimum atomic E-state index is -0.0627. The highest BCUT2D eigenvalue weighted by atomic mass is 127. The number of nitrogens with zero attached hydrogens (tertiary/aromatic N) is 1. The van der Waals surface area contributed by atoms with Gasteiger partial charge in [0.1, 0.15) is 5.75 Å². The number of phenols is 1. The molecule has 1 heterocycles. The molecular weight excluding hydrogens is 293 g/mol. The van der Waals surface area contributed by atoms with Gasteiger partial charge in [-0.2, -0.15) is 0 Å². The number of aromatic hydroxyl groups is 1. The average Bonchev–Trinajstić information content (AvgIpc) is 2.06. The van der Waals surface area contributed by atoms with Crippen molar-refractivity contribution in [2.24, 2.45) is 0 Å². The number of benzene rings is 1. The summed E-state index contributed by atoms with van der Waals surface area (Å²) in [6, 6.07) is 5.06. The molecule has 14 heavy (non-hydrogen) atoms. The molecular formula is C10H10INO2. The van der Waals surface area contributed by atoms with Gasteiger partial charge in [-0.15, -0.1) is 0 Å². The lowest BCUT2D eigenvalue weighted by atomic mass is 10.1. The second-order valence-electron chi connectivity index (χ2n) is 3.31. The molecule has 0 aromatic heterocycles. The number of phenolic OH excluding ortho intramolecular Hbond substituents is 1. The highest BCUT2D eigenvalue weighted by Gasteiger charge is 2.23. The van der Waals surface area contributed by atoms with E-state index in [1.807, 2.05) is 0 Å². The van der Waals surface area contributed by atoms with E-state index in [1.165, 1.54) is 0 Å². The van der Waals surface area contributed by atoms with Crippen LogP contribution in [0.1, 0.15) is 16.8 Å².